The number of amides is 2. The van der Waals surface area contributed by atoms with E-state index in [-0.39, 0.29) is 5.71 Å². The lowest BCUT2D eigenvalue weighted by Gasteiger charge is -2.24. The molecule has 9 heteroatoms. The zero-order chi connectivity index (χ0) is 21.4. The van der Waals surface area contributed by atoms with Crippen LogP contribution < -0.4 is 19.4 Å². The van der Waals surface area contributed by atoms with E-state index in [4.69, 9.17) is 14.2 Å². The maximum Gasteiger partial charge on any atom is 0.355 e. The van der Waals surface area contributed by atoms with Crippen LogP contribution in [0.1, 0.15) is 0 Å². The third kappa shape index (κ3) is 2.78. The molecule has 9 nitrogen and oxygen atoms in total. The van der Waals surface area contributed by atoms with Crippen LogP contribution in [0.5, 0.6) is 11.5 Å². The van der Waals surface area contributed by atoms with E-state index in [0.29, 0.717) is 22.9 Å². The topological polar surface area (TPSA) is 97.7 Å². The van der Waals surface area contributed by atoms with Gasteiger partial charge in [0.15, 0.2) is 5.71 Å². The van der Waals surface area contributed by atoms with Gasteiger partial charge in [-0.25, -0.2) is 14.7 Å². The van der Waals surface area contributed by atoms with Gasteiger partial charge in [-0.1, -0.05) is 24.3 Å². The Bertz CT molecular complexity index is 1070. The van der Waals surface area contributed by atoms with Crippen molar-refractivity contribution < 1.29 is 28.6 Å². The van der Waals surface area contributed by atoms with Crippen molar-refractivity contribution >= 4 is 34.9 Å². The lowest BCUT2D eigenvalue weighted by Crippen LogP contribution is -2.39. The van der Waals surface area contributed by atoms with Crippen LogP contribution in [0.4, 0.5) is 11.4 Å². The van der Waals surface area contributed by atoms with Crippen molar-refractivity contribution in [1.82, 2.24) is 0 Å². The van der Waals surface area contributed by atoms with Crippen molar-refractivity contribution in [2.45, 2.75) is 6.04 Å². The molecule has 2 heterocycles. The molecule has 2 atom stereocenters. The van der Waals surface area contributed by atoms with E-state index in [2.05, 4.69) is 5.10 Å². The number of esters is 1. The van der Waals surface area contributed by atoms with Gasteiger partial charge in [-0.2, -0.15) is 5.10 Å². The number of anilines is 2. The van der Waals surface area contributed by atoms with E-state index >= 15 is 0 Å². The Hall–Kier alpha value is -3.88. The summed E-state index contributed by atoms with van der Waals surface area (Å²) in [5.41, 5.74) is 0.620. The second kappa shape index (κ2) is 7.51. The fourth-order valence-corrected chi connectivity index (χ4v) is 3.76. The highest BCUT2D eigenvalue weighted by Crippen LogP contribution is 2.42. The largest absolute Gasteiger partial charge is 0.495 e. The molecule has 0 spiro atoms. The number of hydrogen-bond acceptors (Lipinski definition) is 8. The van der Waals surface area contributed by atoms with Crippen LogP contribution in [0.15, 0.2) is 53.6 Å². The van der Waals surface area contributed by atoms with Gasteiger partial charge in [-0.05, 0) is 24.3 Å². The van der Waals surface area contributed by atoms with Crippen LogP contribution in [0.3, 0.4) is 0 Å². The summed E-state index contributed by atoms with van der Waals surface area (Å²) in [7, 11) is 4.14. The summed E-state index contributed by atoms with van der Waals surface area (Å²) in [6.07, 6.45) is 0. The fraction of sp³-hybridized carbons (Fsp3) is 0.238. The molecule has 0 aliphatic carbocycles. The summed E-state index contributed by atoms with van der Waals surface area (Å²) in [5.74, 6) is -2.18. The molecule has 2 amide bonds. The number of nitrogens with zero attached hydrogens (tertiary/aromatic N) is 3. The number of hydrogen-bond donors (Lipinski definition) is 0. The predicted molar refractivity (Wildman–Crippen MR) is 108 cm³/mol. The fourth-order valence-electron chi connectivity index (χ4n) is 3.76. The van der Waals surface area contributed by atoms with Gasteiger partial charge in [-0.15, -0.1) is 0 Å². The van der Waals surface area contributed by atoms with Crippen LogP contribution in [0.25, 0.3) is 0 Å². The van der Waals surface area contributed by atoms with Gasteiger partial charge < -0.3 is 14.2 Å². The van der Waals surface area contributed by atoms with Gasteiger partial charge in [0.25, 0.3) is 5.91 Å². The molecule has 0 N–H and O–H groups in total. The first-order valence-electron chi connectivity index (χ1n) is 9.13. The molecule has 4 rings (SSSR count). The third-order valence-corrected chi connectivity index (χ3v) is 5.10. The average molecular weight is 409 g/mol. The normalized spacial score (nSPS) is 20.2. The molecule has 2 aliphatic heterocycles. The molecule has 0 aromatic heterocycles. The van der Waals surface area contributed by atoms with Gasteiger partial charge in [-0.3, -0.25) is 9.59 Å². The number of para-hydroxylation sites is 4. The molecule has 0 bridgehead atoms. The van der Waals surface area contributed by atoms with Gasteiger partial charge >= 0.3 is 5.97 Å². The lowest BCUT2D eigenvalue weighted by atomic mass is 9.97. The van der Waals surface area contributed by atoms with E-state index in [1.165, 1.54) is 26.3 Å². The summed E-state index contributed by atoms with van der Waals surface area (Å²) in [6.45, 7) is 0. The van der Waals surface area contributed by atoms with Crippen LogP contribution in [0.2, 0.25) is 0 Å². The van der Waals surface area contributed by atoms with E-state index in [1.807, 2.05) is 0 Å². The number of hydrazone groups is 1. The second-order valence-corrected chi connectivity index (χ2v) is 6.60. The summed E-state index contributed by atoms with van der Waals surface area (Å²) in [6, 6.07) is 12.6. The van der Waals surface area contributed by atoms with Crippen molar-refractivity contribution in [3.05, 3.63) is 48.5 Å². The Balaban J connectivity index is 1.85. The Kier molecular flexibility index (Phi) is 4.86. The molecule has 30 heavy (non-hydrogen) atoms. The van der Waals surface area contributed by atoms with E-state index in [9.17, 15) is 14.4 Å². The maximum absolute atomic E-state index is 13.4. The molecule has 2 aromatic carbocycles. The molecule has 1 saturated heterocycles. The average Bonchev–Trinajstić information content (AvgIpc) is 3.30. The van der Waals surface area contributed by atoms with E-state index < -0.39 is 29.7 Å². The van der Waals surface area contributed by atoms with Gasteiger partial charge in [0.2, 0.25) is 5.91 Å². The van der Waals surface area contributed by atoms with Crippen molar-refractivity contribution in [3.63, 3.8) is 0 Å². The smallest absolute Gasteiger partial charge is 0.355 e. The Morgan fingerprint density at radius 3 is 2.03 bits per heavy atom. The highest BCUT2D eigenvalue weighted by molar-refractivity contribution is 6.47. The van der Waals surface area contributed by atoms with Crippen molar-refractivity contribution in [2.75, 3.05) is 31.2 Å². The quantitative estimate of drug-likeness (QED) is 0.547. The van der Waals surface area contributed by atoms with Gasteiger partial charge in [0.05, 0.1) is 27.0 Å². The van der Waals surface area contributed by atoms with Gasteiger partial charge in [0, 0.05) is 0 Å². The van der Waals surface area contributed by atoms with E-state index in [1.54, 1.807) is 48.5 Å². The molecule has 1 fully saturated rings. The van der Waals surface area contributed by atoms with Gasteiger partial charge in [0.1, 0.15) is 29.1 Å². The van der Waals surface area contributed by atoms with Crippen LogP contribution in [0, 0.1) is 5.92 Å². The molecule has 154 valence electrons. The molecular formula is C21H19N3O6. The standard InChI is InChI=1S/C21H19N3O6/c1-28-14-10-6-4-8-12(14)23-19(25)16-17(21(27)30-3)22-24(18(16)20(23)26)13-9-5-7-11-15(13)29-2/h4-11,16,18H,1-3H3/t16-,18+/m0/s1. The first kappa shape index (κ1) is 19.4. The lowest BCUT2D eigenvalue weighted by molar-refractivity contribution is -0.133. The van der Waals surface area contributed by atoms with Crippen LogP contribution in [-0.2, 0) is 19.1 Å². The highest BCUT2D eigenvalue weighted by Gasteiger charge is 2.59. The summed E-state index contributed by atoms with van der Waals surface area (Å²) < 4.78 is 15.5. The minimum Gasteiger partial charge on any atom is -0.495 e. The molecule has 2 aromatic rings. The summed E-state index contributed by atoms with van der Waals surface area (Å²) in [4.78, 5) is 40.2. The summed E-state index contributed by atoms with van der Waals surface area (Å²) in [5, 5.41) is 5.64. The number of methoxy groups -OCH3 is 3. The summed E-state index contributed by atoms with van der Waals surface area (Å²) >= 11 is 0. The van der Waals surface area contributed by atoms with Crippen molar-refractivity contribution in [1.29, 1.82) is 0 Å². The highest BCUT2D eigenvalue weighted by atomic mass is 16.5. The number of fused-ring (bicyclic) bond motifs is 1. The molecule has 0 saturated carbocycles. The monoisotopic (exact) mass is 409 g/mol. The Morgan fingerprint density at radius 1 is 0.867 bits per heavy atom. The zero-order valence-corrected chi connectivity index (χ0v) is 16.6. The first-order valence-corrected chi connectivity index (χ1v) is 9.13. The van der Waals surface area contributed by atoms with Crippen molar-refractivity contribution in [3.8, 4) is 11.5 Å². The number of imide groups is 1. The molecule has 2 aliphatic rings. The number of carbonyl (C=O) groups is 3. The maximum atomic E-state index is 13.4. The SMILES string of the molecule is COC(=O)C1=NN(c2ccccc2OC)[C@H]2C(=O)N(c3ccccc3OC)C(=O)[C@@H]12. The zero-order valence-electron chi connectivity index (χ0n) is 16.6. The van der Waals surface area contributed by atoms with Crippen LogP contribution in [-0.4, -0.2) is 50.9 Å². The number of rotatable bonds is 5. The Labute approximate surface area is 172 Å². The molecular weight excluding hydrogens is 390 g/mol. The number of ether oxygens (including phenoxy) is 3. The second-order valence-electron chi connectivity index (χ2n) is 6.60. The van der Waals surface area contributed by atoms with Crippen LogP contribution >= 0.6 is 0 Å². The minimum absolute atomic E-state index is 0.135. The third-order valence-electron chi connectivity index (χ3n) is 5.10. The first-order chi connectivity index (χ1) is 14.5. The Morgan fingerprint density at radius 2 is 1.43 bits per heavy atom. The number of carbonyl (C=O) groups excluding carboxylic acids is 3. The van der Waals surface area contributed by atoms with Crippen molar-refractivity contribution in [2.24, 2.45) is 11.0 Å². The van der Waals surface area contributed by atoms with E-state index in [0.717, 1.165) is 4.90 Å². The minimum atomic E-state index is -1.11. The molecule has 0 unspecified atom stereocenters. The molecule has 0 radical (unpaired) electrons. The predicted octanol–water partition coefficient (Wildman–Crippen LogP) is 1.61. The number of benzene rings is 2.